The van der Waals surface area contributed by atoms with E-state index in [-0.39, 0.29) is 0 Å². The largest absolute Gasteiger partial charge is 0.503 e. The van der Waals surface area contributed by atoms with Gasteiger partial charge in [0, 0.05) is 18.6 Å². The summed E-state index contributed by atoms with van der Waals surface area (Å²) in [5, 5.41) is 12.4. The van der Waals surface area contributed by atoms with E-state index < -0.39 is 17.4 Å². The number of benzene rings is 1. The van der Waals surface area contributed by atoms with Gasteiger partial charge in [-0.1, -0.05) is 0 Å². The zero-order valence-corrected chi connectivity index (χ0v) is 12.3. The first-order chi connectivity index (χ1) is 10.0. The Morgan fingerprint density at radius 3 is 2.33 bits per heavy atom. The van der Waals surface area contributed by atoms with E-state index in [2.05, 4.69) is 17.3 Å². The van der Waals surface area contributed by atoms with Gasteiger partial charge in [-0.3, -0.25) is 0 Å². The minimum Gasteiger partial charge on any atom is -0.503 e. The van der Waals surface area contributed by atoms with Gasteiger partial charge in [0.1, 0.15) is 0 Å². The van der Waals surface area contributed by atoms with Gasteiger partial charge in [-0.15, -0.1) is 0 Å². The molecular formula is C16H22F2N2O. The summed E-state index contributed by atoms with van der Waals surface area (Å²) in [6.07, 6.45) is 5.01. The highest BCUT2D eigenvalue weighted by molar-refractivity contribution is 5.29. The Morgan fingerprint density at radius 2 is 1.76 bits per heavy atom. The van der Waals surface area contributed by atoms with Crippen LogP contribution in [-0.4, -0.2) is 35.7 Å². The quantitative estimate of drug-likeness (QED) is 0.896. The molecular weight excluding hydrogens is 274 g/mol. The zero-order chi connectivity index (χ0) is 15.0. The molecule has 3 rings (SSSR count). The molecule has 2 aliphatic heterocycles. The highest BCUT2D eigenvalue weighted by atomic mass is 19.1. The zero-order valence-electron chi connectivity index (χ0n) is 12.3. The summed E-state index contributed by atoms with van der Waals surface area (Å²) >= 11 is 0. The third-order valence-corrected chi connectivity index (χ3v) is 5.03. The molecule has 2 aliphatic rings. The van der Waals surface area contributed by atoms with Crippen LogP contribution in [0.25, 0.3) is 0 Å². The van der Waals surface area contributed by atoms with Crippen LogP contribution in [0, 0.1) is 17.6 Å². The molecule has 1 aromatic rings. The van der Waals surface area contributed by atoms with Crippen molar-refractivity contribution in [2.24, 2.45) is 5.92 Å². The van der Waals surface area contributed by atoms with E-state index in [0.717, 1.165) is 6.54 Å². The number of hydrogen-bond donors (Lipinski definition) is 2. The first-order valence-electron chi connectivity index (χ1n) is 7.64. The normalized spacial score (nSPS) is 29.0. The highest BCUT2D eigenvalue weighted by Crippen LogP contribution is 2.37. The maximum atomic E-state index is 13.3. The summed E-state index contributed by atoms with van der Waals surface area (Å²) in [5.74, 6) is -2.05. The summed E-state index contributed by atoms with van der Waals surface area (Å²) in [5.41, 5.74) is 0.527. The number of aromatic hydroxyl groups is 1. The number of phenols is 1. The minimum atomic E-state index is -0.899. The number of hydrogen-bond acceptors (Lipinski definition) is 3. The third kappa shape index (κ3) is 3.04. The molecule has 5 heteroatoms. The van der Waals surface area contributed by atoms with Gasteiger partial charge in [-0.05, 0) is 62.9 Å². The monoisotopic (exact) mass is 296 g/mol. The second-order valence-electron chi connectivity index (χ2n) is 6.43. The molecule has 2 bridgehead atoms. The first kappa shape index (κ1) is 14.7. The molecule has 0 amide bonds. The van der Waals surface area contributed by atoms with E-state index in [9.17, 15) is 8.78 Å². The number of nitrogens with zero attached hydrogens (tertiary/aromatic N) is 1. The van der Waals surface area contributed by atoms with Gasteiger partial charge < -0.3 is 15.3 Å². The lowest BCUT2D eigenvalue weighted by atomic mass is 9.91. The topological polar surface area (TPSA) is 35.5 Å². The third-order valence-electron chi connectivity index (χ3n) is 5.03. The van der Waals surface area contributed by atoms with E-state index in [4.69, 9.17) is 5.11 Å². The van der Waals surface area contributed by atoms with Gasteiger partial charge in [0.2, 0.25) is 0 Å². The molecule has 3 nitrogen and oxygen atoms in total. The van der Waals surface area contributed by atoms with Crippen molar-refractivity contribution in [2.75, 3.05) is 13.6 Å². The van der Waals surface area contributed by atoms with Crippen LogP contribution in [0.3, 0.4) is 0 Å². The predicted octanol–water partition coefficient (Wildman–Crippen LogP) is 2.63. The number of fused-ring (bicyclic) bond motifs is 2. The van der Waals surface area contributed by atoms with Crippen molar-refractivity contribution < 1.29 is 13.9 Å². The van der Waals surface area contributed by atoms with E-state index in [0.29, 0.717) is 30.1 Å². The van der Waals surface area contributed by atoms with Gasteiger partial charge in [0.25, 0.3) is 0 Å². The van der Waals surface area contributed by atoms with Crippen molar-refractivity contribution >= 4 is 0 Å². The number of nitrogens with one attached hydrogen (secondary N) is 1. The molecule has 0 aromatic heterocycles. The minimum absolute atomic E-state index is 0.426. The average Bonchev–Trinajstić information content (AvgIpc) is 2.67. The Kier molecular flexibility index (Phi) is 4.13. The summed E-state index contributed by atoms with van der Waals surface area (Å²) in [7, 11) is 2.22. The highest BCUT2D eigenvalue weighted by Gasteiger charge is 2.37. The molecule has 116 valence electrons. The number of phenolic OH excluding ortho intramolecular Hbond substituents is 1. The standard InChI is InChI=1S/C16H22F2N2O/c1-20-12-2-3-13(20)5-10(4-12)8-19-9-11-6-14(17)16(21)15(18)7-11/h6-7,10,12-13,19,21H,2-5,8-9H2,1H3. The second-order valence-corrected chi connectivity index (χ2v) is 6.43. The van der Waals surface area contributed by atoms with Gasteiger partial charge in [0.15, 0.2) is 17.4 Å². The van der Waals surface area contributed by atoms with Crippen LogP contribution >= 0.6 is 0 Å². The maximum absolute atomic E-state index is 13.3. The molecule has 21 heavy (non-hydrogen) atoms. The Bertz CT molecular complexity index is 486. The molecule has 2 heterocycles. The summed E-state index contributed by atoms with van der Waals surface area (Å²) in [6.45, 7) is 1.31. The van der Waals surface area contributed by atoms with E-state index in [1.54, 1.807) is 0 Å². The fraction of sp³-hybridized carbons (Fsp3) is 0.625. The second kappa shape index (κ2) is 5.89. The van der Waals surface area contributed by atoms with Crippen molar-refractivity contribution in [1.29, 1.82) is 0 Å². The Balaban J connectivity index is 1.51. The Morgan fingerprint density at radius 1 is 1.19 bits per heavy atom. The molecule has 0 spiro atoms. The summed E-state index contributed by atoms with van der Waals surface area (Å²) < 4.78 is 26.5. The molecule has 2 saturated heterocycles. The molecule has 0 radical (unpaired) electrons. The summed E-state index contributed by atoms with van der Waals surface area (Å²) in [4.78, 5) is 2.50. The van der Waals surface area contributed by atoms with E-state index in [1.807, 2.05) is 0 Å². The van der Waals surface area contributed by atoms with Crippen LogP contribution in [0.4, 0.5) is 8.78 Å². The number of piperidine rings is 1. The molecule has 2 atom stereocenters. The van der Waals surface area contributed by atoms with Crippen molar-refractivity contribution in [3.63, 3.8) is 0 Å². The van der Waals surface area contributed by atoms with Crippen LogP contribution in [0.2, 0.25) is 0 Å². The average molecular weight is 296 g/mol. The maximum Gasteiger partial charge on any atom is 0.187 e. The van der Waals surface area contributed by atoms with E-state index in [1.165, 1.54) is 37.8 Å². The van der Waals surface area contributed by atoms with Gasteiger partial charge in [0.05, 0.1) is 0 Å². The molecule has 1 aromatic carbocycles. The van der Waals surface area contributed by atoms with Gasteiger partial charge >= 0.3 is 0 Å². The Labute approximate surface area is 124 Å². The predicted molar refractivity (Wildman–Crippen MR) is 77.0 cm³/mol. The number of halogens is 2. The molecule has 2 fully saturated rings. The fourth-order valence-electron chi connectivity index (χ4n) is 3.83. The Hall–Kier alpha value is -1.20. The lowest BCUT2D eigenvalue weighted by molar-refractivity contribution is 0.133. The molecule has 0 saturated carbocycles. The van der Waals surface area contributed by atoms with Crippen LogP contribution < -0.4 is 5.32 Å². The fourth-order valence-corrected chi connectivity index (χ4v) is 3.83. The number of rotatable bonds is 4. The summed E-state index contributed by atoms with van der Waals surface area (Å²) in [6, 6.07) is 3.78. The van der Waals surface area contributed by atoms with Gasteiger partial charge in [-0.2, -0.15) is 0 Å². The smallest absolute Gasteiger partial charge is 0.187 e. The van der Waals surface area contributed by atoms with Gasteiger partial charge in [-0.25, -0.2) is 8.78 Å². The van der Waals surface area contributed by atoms with Crippen LogP contribution in [0.1, 0.15) is 31.2 Å². The molecule has 0 aliphatic carbocycles. The van der Waals surface area contributed by atoms with Crippen LogP contribution in [0.15, 0.2) is 12.1 Å². The SMILES string of the molecule is CN1C2CCC1CC(CNCc1cc(F)c(O)c(F)c1)C2. The molecule has 2 unspecified atom stereocenters. The van der Waals surface area contributed by atoms with Crippen LogP contribution in [-0.2, 0) is 6.54 Å². The van der Waals surface area contributed by atoms with Crippen molar-refractivity contribution in [1.82, 2.24) is 10.2 Å². The van der Waals surface area contributed by atoms with Crippen molar-refractivity contribution in [3.05, 3.63) is 29.3 Å². The van der Waals surface area contributed by atoms with Crippen LogP contribution in [0.5, 0.6) is 5.75 Å². The molecule has 2 N–H and O–H groups in total. The first-order valence-corrected chi connectivity index (χ1v) is 7.64. The lowest BCUT2D eigenvalue weighted by Gasteiger charge is -2.36. The van der Waals surface area contributed by atoms with E-state index >= 15 is 0 Å². The van der Waals surface area contributed by atoms with Crippen molar-refractivity contribution in [2.45, 2.75) is 44.3 Å². The lowest BCUT2D eigenvalue weighted by Crippen LogP contribution is -2.42. The van der Waals surface area contributed by atoms with Crippen molar-refractivity contribution in [3.8, 4) is 5.75 Å².